The second kappa shape index (κ2) is 10.2. The summed E-state index contributed by atoms with van der Waals surface area (Å²) in [6.07, 6.45) is 5.48. The van der Waals surface area contributed by atoms with Crippen LogP contribution in [0.1, 0.15) is 66.7 Å². The Labute approximate surface area is 125 Å². The van der Waals surface area contributed by atoms with Crippen molar-refractivity contribution in [3.63, 3.8) is 0 Å². The van der Waals surface area contributed by atoms with Gasteiger partial charge in [-0.05, 0) is 66.1 Å². The number of carbonyl (C=O) groups excluding carboxylic acids is 1. The molecule has 0 bridgehead atoms. The molecular weight excluding hydrogens is 250 g/mol. The van der Waals surface area contributed by atoms with Gasteiger partial charge in [-0.2, -0.15) is 0 Å². The van der Waals surface area contributed by atoms with Gasteiger partial charge in [0.1, 0.15) is 0 Å². The quantitative estimate of drug-likeness (QED) is 0.542. The molecule has 0 saturated heterocycles. The number of nitrogens with one attached hydrogen (secondary N) is 1. The molecule has 0 aromatic rings. The molecule has 0 aliphatic heterocycles. The third kappa shape index (κ3) is 7.85. The summed E-state index contributed by atoms with van der Waals surface area (Å²) in [5.41, 5.74) is 4.97. The molecule has 0 aliphatic rings. The fourth-order valence-electron chi connectivity index (χ4n) is 2.53. The van der Waals surface area contributed by atoms with Gasteiger partial charge in [0.2, 0.25) is 5.91 Å². The van der Waals surface area contributed by atoms with Gasteiger partial charge in [-0.15, -0.1) is 0 Å². The molecular formula is C16H35N3O. The summed E-state index contributed by atoms with van der Waals surface area (Å²) in [6, 6.07) is 0.268. The zero-order valence-electron chi connectivity index (χ0n) is 14.2. The van der Waals surface area contributed by atoms with E-state index in [1.54, 1.807) is 0 Å². The zero-order valence-corrected chi connectivity index (χ0v) is 14.2. The maximum absolute atomic E-state index is 11.6. The predicted octanol–water partition coefficient (Wildman–Crippen LogP) is 2.52. The number of carbonyl (C=O) groups is 1. The molecule has 0 aliphatic carbocycles. The lowest BCUT2D eigenvalue weighted by atomic mass is 9.93. The summed E-state index contributed by atoms with van der Waals surface area (Å²) in [5, 5.41) is 3.30. The van der Waals surface area contributed by atoms with Crippen LogP contribution < -0.4 is 11.1 Å². The summed E-state index contributed by atoms with van der Waals surface area (Å²) in [5.74, 6) is -0.246. The fourth-order valence-corrected chi connectivity index (χ4v) is 2.53. The molecule has 1 amide bonds. The Morgan fingerprint density at radius 2 is 1.80 bits per heavy atom. The van der Waals surface area contributed by atoms with Crippen molar-refractivity contribution in [1.82, 2.24) is 10.2 Å². The topological polar surface area (TPSA) is 58.4 Å². The van der Waals surface area contributed by atoms with Crippen molar-refractivity contribution < 1.29 is 4.79 Å². The highest BCUT2D eigenvalue weighted by atomic mass is 16.1. The Morgan fingerprint density at radius 1 is 1.20 bits per heavy atom. The van der Waals surface area contributed by atoms with Gasteiger partial charge < -0.3 is 16.0 Å². The number of hydrogen-bond donors (Lipinski definition) is 2. The van der Waals surface area contributed by atoms with E-state index in [9.17, 15) is 4.79 Å². The highest BCUT2D eigenvalue weighted by molar-refractivity contribution is 5.84. The normalized spacial score (nSPS) is 14.8. The van der Waals surface area contributed by atoms with E-state index in [4.69, 9.17) is 5.73 Å². The summed E-state index contributed by atoms with van der Waals surface area (Å²) in [7, 11) is 0. The van der Waals surface area contributed by atoms with Crippen molar-refractivity contribution >= 4 is 5.91 Å². The van der Waals surface area contributed by atoms with Crippen LogP contribution in [0.25, 0.3) is 0 Å². The minimum absolute atomic E-state index is 0.246. The number of nitrogens with two attached hydrogens (primary N) is 1. The molecule has 0 saturated carbocycles. The highest BCUT2D eigenvalue weighted by Crippen LogP contribution is 2.15. The van der Waals surface area contributed by atoms with Crippen LogP contribution in [-0.4, -0.2) is 42.0 Å². The molecule has 0 aromatic carbocycles. The molecule has 1 unspecified atom stereocenters. The Balaban J connectivity index is 4.08. The lowest BCUT2D eigenvalue weighted by Gasteiger charge is -2.30. The van der Waals surface area contributed by atoms with Crippen molar-refractivity contribution in [3.8, 4) is 0 Å². The summed E-state index contributed by atoms with van der Waals surface area (Å²) in [6.45, 7) is 13.9. The molecule has 1 atom stereocenters. The van der Waals surface area contributed by atoms with E-state index in [2.05, 4.69) is 24.1 Å². The maximum Gasteiger partial charge on any atom is 0.237 e. The third-order valence-corrected chi connectivity index (χ3v) is 3.83. The van der Waals surface area contributed by atoms with Crippen LogP contribution in [0.15, 0.2) is 0 Å². The van der Waals surface area contributed by atoms with Crippen LogP contribution in [0.4, 0.5) is 0 Å². The second-order valence-corrected chi connectivity index (χ2v) is 6.24. The van der Waals surface area contributed by atoms with Gasteiger partial charge in [0.05, 0.1) is 5.54 Å². The molecule has 0 spiro atoms. The van der Waals surface area contributed by atoms with Crippen molar-refractivity contribution in [1.29, 1.82) is 0 Å². The molecule has 0 rings (SSSR count). The minimum Gasteiger partial charge on any atom is -0.368 e. The average molecular weight is 285 g/mol. The Bertz CT molecular complexity index is 268. The van der Waals surface area contributed by atoms with Crippen molar-refractivity contribution in [2.24, 2.45) is 5.73 Å². The van der Waals surface area contributed by atoms with Crippen LogP contribution in [0.2, 0.25) is 0 Å². The van der Waals surface area contributed by atoms with E-state index >= 15 is 0 Å². The molecule has 0 aromatic heterocycles. The van der Waals surface area contributed by atoms with Gasteiger partial charge in [0.15, 0.2) is 0 Å². The van der Waals surface area contributed by atoms with Crippen molar-refractivity contribution in [2.75, 3.05) is 19.6 Å². The molecule has 20 heavy (non-hydrogen) atoms. The summed E-state index contributed by atoms with van der Waals surface area (Å²) < 4.78 is 0. The van der Waals surface area contributed by atoms with Gasteiger partial charge in [0, 0.05) is 6.04 Å². The van der Waals surface area contributed by atoms with Crippen LogP contribution >= 0.6 is 0 Å². The smallest absolute Gasteiger partial charge is 0.237 e. The standard InChI is InChI=1S/C16H35N3O/c1-6-8-12-19(7-2)13-10-9-11-16(5,15(17)20)18-14(3)4/h14,18H,6-13H2,1-5H3,(H2,17,20). The summed E-state index contributed by atoms with van der Waals surface area (Å²) in [4.78, 5) is 14.1. The Morgan fingerprint density at radius 3 is 2.25 bits per heavy atom. The molecule has 4 heteroatoms. The monoisotopic (exact) mass is 285 g/mol. The molecule has 0 heterocycles. The number of hydrogen-bond acceptors (Lipinski definition) is 3. The third-order valence-electron chi connectivity index (χ3n) is 3.83. The minimum atomic E-state index is -0.575. The van der Waals surface area contributed by atoms with Crippen LogP contribution in [-0.2, 0) is 4.79 Å². The van der Waals surface area contributed by atoms with Crippen molar-refractivity contribution in [2.45, 2.75) is 78.3 Å². The second-order valence-electron chi connectivity index (χ2n) is 6.24. The zero-order chi connectivity index (χ0) is 15.6. The van der Waals surface area contributed by atoms with E-state index in [1.165, 1.54) is 19.4 Å². The van der Waals surface area contributed by atoms with Gasteiger partial charge in [-0.3, -0.25) is 4.79 Å². The van der Waals surface area contributed by atoms with E-state index in [0.29, 0.717) is 0 Å². The molecule has 0 radical (unpaired) electrons. The van der Waals surface area contributed by atoms with E-state index in [-0.39, 0.29) is 11.9 Å². The van der Waals surface area contributed by atoms with E-state index in [1.807, 2.05) is 20.8 Å². The SMILES string of the molecule is CCCCN(CC)CCCCC(C)(NC(C)C)C(N)=O. The lowest BCUT2D eigenvalue weighted by molar-refractivity contribution is -0.124. The van der Waals surface area contributed by atoms with E-state index < -0.39 is 5.54 Å². The number of nitrogens with zero attached hydrogens (tertiary/aromatic N) is 1. The fraction of sp³-hybridized carbons (Fsp3) is 0.938. The first-order chi connectivity index (χ1) is 9.35. The lowest BCUT2D eigenvalue weighted by Crippen LogP contribution is -2.55. The average Bonchev–Trinajstić information content (AvgIpc) is 2.37. The van der Waals surface area contributed by atoms with Crippen LogP contribution in [0.5, 0.6) is 0 Å². The van der Waals surface area contributed by atoms with E-state index in [0.717, 1.165) is 32.4 Å². The van der Waals surface area contributed by atoms with Crippen LogP contribution in [0.3, 0.4) is 0 Å². The maximum atomic E-state index is 11.6. The molecule has 120 valence electrons. The first kappa shape index (κ1) is 19.4. The molecule has 3 N–H and O–H groups in total. The molecule has 0 fully saturated rings. The number of unbranched alkanes of at least 4 members (excludes halogenated alkanes) is 2. The number of primary amides is 1. The van der Waals surface area contributed by atoms with Gasteiger partial charge >= 0.3 is 0 Å². The van der Waals surface area contributed by atoms with Gasteiger partial charge in [-0.1, -0.05) is 20.3 Å². The largest absolute Gasteiger partial charge is 0.368 e. The number of amides is 1. The van der Waals surface area contributed by atoms with Gasteiger partial charge in [0.25, 0.3) is 0 Å². The number of rotatable bonds is 12. The highest BCUT2D eigenvalue weighted by Gasteiger charge is 2.30. The van der Waals surface area contributed by atoms with Crippen molar-refractivity contribution in [3.05, 3.63) is 0 Å². The van der Waals surface area contributed by atoms with Gasteiger partial charge in [-0.25, -0.2) is 0 Å². The Hall–Kier alpha value is -0.610. The summed E-state index contributed by atoms with van der Waals surface area (Å²) >= 11 is 0. The first-order valence-electron chi connectivity index (χ1n) is 8.15. The van der Waals surface area contributed by atoms with Crippen LogP contribution in [0, 0.1) is 0 Å². The molecule has 4 nitrogen and oxygen atoms in total. The Kier molecular flexibility index (Phi) is 9.86. The predicted molar refractivity (Wildman–Crippen MR) is 86.7 cm³/mol. The first-order valence-corrected chi connectivity index (χ1v) is 8.15.